The third-order valence-electron chi connectivity index (χ3n) is 1.79. The molecule has 0 spiro atoms. The predicted molar refractivity (Wildman–Crippen MR) is 51.9 cm³/mol. The molecule has 0 saturated heterocycles. The normalized spacial score (nSPS) is 12.6. The third-order valence-corrected chi connectivity index (χ3v) is 1.79. The van der Waals surface area contributed by atoms with Gasteiger partial charge in [-0.25, -0.2) is 8.78 Å². The quantitative estimate of drug-likeness (QED) is 0.670. The Morgan fingerprint density at radius 3 is 2.71 bits per heavy atom. The first kappa shape index (κ1) is 10.9. The van der Waals surface area contributed by atoms with E-state index in [1.165, 1.54) is 0 Å². The maximum atomic E-state index is 13.0. The fourth-order valence-corrected chi connectivity index (χ4v) is 0.957. The van der Waals surface area contributed by atoms with Gasteiger partial charge in [-0.15, -0.1) is 0 Å². The maximum Gasteiger partial charge on any atom is 0.146 e. The number of anilines is 1. The summed E-state index contributed by atoms with van der Waals surface area (Å²) in [6, 6.07) is 2.94. The summed E-state index contributed by atoms with van der Waals surface area (Å²) in [4.78, 5) is 0. The molecular formula is C9H13F2N3. The molecule has 0 heterocycles. The second kappa shape index (κ2) is 4.88. The molecule has 1 atom stereocenters. The first-order valence-electron chi connectivity index (χ1n) is 4.28. The van der Waals surface area contributed by atoms with Gasteiger partial charge in [0.05, 0.1) is 5.69 Å². The largest absolute Gasteiger partial charge is 0.381 e. The van der Waals surface area contributed by atoms with Crippen LogP contribution in [0.5, 0.6) is 0 Å². The van der Waals surface area contributed by atoms with Gasteiger partial charge in [0.25, 0.3) is 0 Å². The SMILES string of the molecule is NCC(N)CNc1cc(F)ccc1F. The molecule has 0 aliphatic heterocycles. The van der Waals surface area contributed by atoms with E-state index in [1.807, 2.05) is 0 Å². The number of hydrogen-bond donors (Lipinski definition) is 3. The van der Waals surface area contributed by atoms with E-state index in [2.05, 4.69) is 5.32 Å². The molecule has 0 radical (unpaired) electrons. The Hall–Kier alpha value is -1.20. The summed E-state index contributed by atoms with van der Waals surface area (Å²) in [5, 5.41) is 2.68. The fourth-order valence-electron chi connectivity index (χ4n) is 0.957. The van der Waals surface area contributed by atoms with Crippen LogP contribution in [0.15, 0.2) is 18.2 Å². The van der Waals surface area contributed by atoms with Crippen LogP contribution in [0.25, 0.3) is 0 Å². The van der Waals surface area contributed by atoms with E-state index in [9.17, 15) is 8.78 Å². The first-order chi connectivity index (χ1) is 6.63. The summed E-state index contributed by atoms with van der Waals surface area (Å²) in [6.07, 6.45) is 0. The van der Waals surface area contributed by atoms with Crippen molar-refractivity contribution in [3.05, 3.63) is 29.8 Å². The van der Waals surface area contributed by atoms with Crippen LogP contribution in [0.3, 0.4) is 0 Å². The lowest BCUT2D eigenvalue weighted by atomic mass is 10.2. The average molecular weight is 201 g/mol. The summed E-state index contributed by atoms with van der Waals surface area (Å²) >= 11 is 0. The Morgan fingerprint density at radius 1 is 1.36 bits per heavy atom. The molecule has 0 fully saturated rings. The standard InChI is InChI=1S/C9H13F2N3/c10-6-1-2-8(11)9(3-6)14-5-7(13)4-12/h1-3,7,14H,4-5,12-13H2. The number of benzene rings is 1. The lowest BCUT2D eigenvalue weighted by Crippen LogP contribution is -2.36. The van der Waals surface area contributed by atoms with Gasteiger partial charge in [0.1, 0.15) is 11.6 Å². The zero-order chi connectivity index (χ0) is 10.6. The van der Waals surface area contributed by atoms with Crippen LogP contribution in [0.4, 0.5) is 14.5 Å². The lowest BCUT2D eigenvalue weighted by molar-refractivity contribution is 0.600. The Morgan fingerprint density at radius 2 is 2.07 bits per heavy atom. The minimum Gasteiger partial charge on any atom is -0.381 e. The zero-order valence-electron chi connectivity index (χ0n) is 7.63. The van der Waals surface area contributed by atoms with Gasteiger partial charge < -0.3 is 16.8 Å². The van der Waals surface area contributed by atoms with Crippen molar-refractivity contribution in [2.45, 2.75) is 6.04 Å². The van der Waals surface area contributed by atoms with Crippen LogP contribution in [0.2, 0.25) is 0 Å². The number of rotatable bonds is 4. The van der Waals surface area contributed by atoms with E-state index < -0.39 is 11.6 Å². The summed E-state index contributed by atoms with van der Waals surface area (Å²) in [5.41, 5.74) is 10.9. The van der Waals surface area contributed by atoms with Gasteiger partial charge in [-0.3, -0.25) is 0 Å². The Balaban J connectivity index is 2.62. The second-order valence-electron chi connectivity index (χ2n) is 3.00. The van der Waals surface area contributed by atoms with E-state index in [0.717, 1.165) is 18.2 Å². The van der Waals surface area contributed by atoms with E-state index in [0.29, 0.717) is 13.1 Å². The van der Waals surface area contributed by atoms with Crippen molar-refractivity contribution in [1.82, 2.24) is 0 Å². The number of hydrogen-bond acceptors (Lipinski definition) is 3. The molecule has 0 amide bonds. The molecule has 14 heavy (non-hydrogen) atoms. The van der Waals surface area contributed by atoms with E-state index in [-0.39, 0.29) is 11.7 Å². The van der Waals surface area contributed by atoms with Gasteiger partial charge in [0.2, 0.25) is 0 Å². The molecule has 5 heteroatoms. The van der Waals surface area contributed by atoms with Crippen LogP contribution in [-0.2, 0) is 0 Å². The Bertz CT molecular complexity index is 304. The van der Waals surface area contributed by atoms with Gasteiger partial charge in [-0.05, 0) is 18.2 Å². The summed E-state index contributed by atoms with van der Waals surface area (Å²) in [6.45, 7) is 0.612. The lowest BCUT2D eigenvalue weighted by Gasteiger charge is -2.11. The maximum absolute atomic E-state index is 13.0. The highest BCUT2D eigenvalue weighted by molar-refractivity contribution is 5.44. The number of nitrogens with one attached hydrogen (secondary N) is 1. The fraction of sp³-hybridized carbons (Fsp3) is 0.333. The van der Waals surface area contributed by atoms with Crippen molar-refractivity contribution >= 4 is 5.69 Å². The van der Waals surface area contributed by atoms with Crippen molar-refractivity contribution in [3.8, 4) is 0 Å². The van der Waals surface area contributed by atoms with Gasteiger partial charge in [-0.1, -0.05) is 0 Å². The zero-order valence-corrected chi connectivity index (χ0v) is 7.63. The third kappa shape index (κ3) is 2.93. The van der Waals surface area contributed by atoms with Crippen molar-refractivity contribution < 1.29 is 8.78 Å². The Labute approximate surface area is 81.1 Å². The summed E-state index contributed by atoms with van der Waals surface area (Å²) in [5.74, 6) is -0.995. The minimum atomic E-state index is -0.504. The van der Waals surface area contributed by atoms with Crippen molar-refractivity contribution in [2.75, 3.05) is 18.4 Å². The first-order valence-corrected chi connectivity index (χ1v) is 4.28. The molecule has 0 saturated carbocycles. The highest BCUT2D eigenvalue weighted by Gasteiger charge is 2.04. The van der Waals surface area contributed by atoms with Gasteiger partial charge in [-0.2, -0.15) is 0 Å². The second-order valence-corrected chi connectivity index (χ2v) is 3.00. The molecule has 1 aromatic rings. The highest BCUT2D eigenvalue weighted by atomic mass is 19.1. The average Bonchev–Trinajstić information content (AvgIpc) is 2.19. The molecule has 3 nitrogen and oxygen atoms in total. The number of nitrogens with two attached hydrogens (primary N) is 2. The van der Waals surface area contributed by atoms with E-state index >= 15 is 0 Å². The summed E-state index contributed by atoms with van der Waals surface area (Å²) < 4.78 is 25.7. The minimum absolute atomic E-state index is 0.105. The summed E-state index contributed by atoms with van der Waals surface area (Å²) in [7, 11) is 0. The van der Waals surface area contributed by atoms with Crippen molar-refractivity contribution in [3.63, 3.8) is 0 Å². The molecule has 0 aliphatic rings. The molecule has 1 rings (SSSR count). The van der Waals surface area contributed by atoms with Gasteiger partial charge >= 0.3 is 0 Å². The predicted octanol–water partition coefficient (Wildman–Crippen LogP) is 0.663. The molecule has 0 aliphatic carbocycles. The van der Waals surface area contributed by atoms with Crippen LogP contribution in [-0.4, -0.2) is 19.1 Å². The molecule has 1 aromatic carbocycles. The molecule has 0 bridgehead atoms. The van der Waals surface area contributed by atoms with E-state index in [1.54, 1.807) is 0 Å². The molecule has 5 N–H and O–H groups in total. The van der Waals surface area contributed by atoms with Crippen LogP contribution in [0, 0.1) is 11.6 Å². The monoisotopic (exact) mass is 201 g/mol. The molecular weight excluding hydrogens is 188 g/mol. The molecule has 1 unspecified atom stereocenters. The van der Waals surface area contributed by atoms with E-state index in [4.69, 9.17) is 11.5 Å². The Kier molecular flexibility index (Phi) is 3.79. The van der Waals surface area contributed by atoms with Gasteiger partial charge in [0.15, 0.2) is 0 Å². The molecule has 0 aromatic heterocycles. The smallest absolute Gasteiger partial charge is 0.146 e. The molecule has 78 valence electrons. The van der Waals surface area contributed by atoms with Gasteiger partial charge in [0, 0.05) is 19.1 Å². The van der Waals surface area contributed by atoms with Crippen LogP contribution >= 0.6 is 0 Å². The highest BCUT2D eigenvalue weighted by Crippen LogP contribution is 2.14. The van der Waals surface area contributed by atoms with Crippen LogP contribution in [0.1, 0.15) is 0 Å². The van der Waals surface area contributed by atoms with Crippen molar-refractivity contribution in [1.29, 1.82) is 0 Å². The topological polar surface area (TPSA) is 64.1 Å². The van der Waals surface area contributed by atoms with Crippen molar-refractivity contribution in [2.24, 2.45) is 11.5 Å². The number of halogens is 2. The van der Waals surface area contributed by atoms with Crippen LogP contribution < -0.4 is 16.8 Å².